The van der Waals surface area contributed by atoms with E-state index in [-0.39, 0.29) is 6.61 Å². The van der Waals surface area contributed by atoms with Crippen LogP contribution in [-0.4, -0.2) is 28.9 Å². The van der Waals surface area contributed by atoms with Crippen LogP contribution in [0.3, 0.4) is 0 Å². The van der Waals surface area contributed by atoms with Crippen molar-refractivity contribution in [2.45, 2.75) is 6.92 Å². The van der Waals surface area contributed by atoms with Crippen molar-refractivity contribution in [2.75, 3.05) is 12.3 Å². The summed E-state index contributed by atoms with van der Waals surface area (Å²) >= 11 is 0. The van der Waals surface area contributed by atoms with Crippen LogP contribution in [0.1, 0.15) is 6.92 Å². The molecule has 0 radical (unpaired) electrons. The van der Waals surface area contributed by atoms with E-state index < -0.39 is 7.12 Å². The summed E-state index contributed by atoms with van der Waals surface area (Å²) in [6.07, 6.45) is 0. The Morgan fingerprint density at radius 2 is 1.77 bits per heavy atom. The molecule has 0 aliphatic rings. The average molecular weight is 183 g/mol. The molecule has 72 valence electrons. The van der Waals surface area contributed by atoms with Crippen LogP contribution in [0.15, 0.2) is 24.3 Å². The van der Waals surface area contributed by atoms with E-state index in [1.54, 1.807) is 31.2 Å². The van der Waals surface area contributed by atoms with Gasteiger partial charge < -0.3 is 20.9 Å². The molecular weight excluding hydrogens is 169 g/mol. The summed E-state index contributed by atoms with van der Waals surface area (Å²) in [5.74, 6) is 0. The van der Waals surface area contributed by atoms with E-state index >= 15 is 0 Å². The van der Waals surface area contributed by atoms with Crippen LogP contribution in [0.25, 0.3) is 0 Å². The minimum absolute atomic E-state index is 0.250. The fraction of sp³-hybridized carbons (Fsp3) is 0.250. The molecule has 0 bridgehead atoms. The summed E-state index contributed by atoms with van der Waals surface area (Å²) < 4.78 is 0. The van der Waals surface area contributed by atoms with E-state index in [1.807, 2.05) is 0 Å². The van der Waals surface area contributed by atoms with Crippen LogP contribution in [-0.2, 0) is 0 Å². The first kappa shape index (κ1) is 12.0. The molecule has 0 fully saturated rings. The van der Waals surface area contributed by atoms with E-state index in [4.69, 9.17) is 20.9 Å². The number of hydrogen-bond donors (Lipinski definition) is 4. The van der Waals surface area contributed by atoms with Crippen LogP contribution in [0.4, 0.5) is 5.69 Å². The molecule has 0 aliphatic carbocycles. The number of anilines is 1. The first-order chi connectivity index (χ1) is 6.13. The van der Waals surface area contributed by atoms with E-state index in [0.29, 0.717) is 11.2 Å². The fourth-order valence-electron chi connectivity index (χ4n) is 0.746. The van der Waals surface area contributed by atoms with Gasteiger partial charge in [-0.05, 0) is 13.0 Å². The van der Waals surface area contributed by atoms with Gasteiger partial charge in [0, 0.05) is 17.8 Å². The number of aliphatic hydroxyl groups is 1. The SMILES string of the molecule is CCO.Nc1ccccc1B(O)O. The third kappa shape index (κ3) is 4.52. The molecule has 0 unspecified atom stereocenters. The van der Waals surface area contributed by atoms with Gasteiger partial charge in [-0.25, -0.2) is 0 Å². The Balaban J connectivity index is 0.000000424. The number of benzene rings is 1. The molecule has 0 saturated carbocycles. The molecule has 0 amide bonds. The molecule has 1 aromatic carbocycles. The zero-order valence-corrected chi connectivity index (χ0v) is 7.51. The Bertz CT molecular complexity index is 243. The van der Waals surface area contributed by atoms with Crippen molar-refractivity contribution < 1.29 is 15.2 Å². The number of hydrogen-bond acceptors (Lipinski definition) is 4. The smallest absolute Gasteiger partial charge is 0.423 e. The van der Waals surface area contributed by atoms with Gasteiger partial charge in [-0.3, -0.25) is 0 Å². The van der Waals surface area contributed by atoms with Crippen molar-refractivity contribution in [2.24, 2.45) is 0 Å². The van der Waals surface area contributed by atoms with Crippen molar-refractivity contribution in [3.8, 4) is 0 Å². The predicted molar refractivity (Wildman–Crippen MR) is 53.4 cm³/mol. The average Bonchev–Trinajstić information content (AvgIpc) is 2.06. The summed E-state index contributed by atoms with van der Waals surface area (Å²) in [7, 11) is -1.47. The Morgan fingerprint density at radius 3 is 2.08 bits per heavy atom. The lowest BCUT2D eigenvalue weighted by Crippen LogP contribution is -2.31. The maximum atomic E-state index is 8.68. The second-order valence-electron chi connectivity index (χ2n) is 2.32. The Kier molecular flexibility index (Phi) is 5.96. The highest BCUT2D eigenvalue weighted by molar-refractivity contribution is 6.60. The number of aliphatic hydroxyl groups excluding tert-OH is 1. The number of rotatable bonds is 1. The lowest BCUT2D eigenvalue weighted by atomic mass is 9.79. The molecule has 1 rings (SSSR count). The molecule has 4 nitrogen and oxygen atoms in total. The monoisotopic (exact) mass is 183 g/mol. The van der Waals surface area contributed by atoms with Crippen LogP contribution in [0.5, 0.6) is 0 Å². The van der Waals surface area contributed by atoms with Crippen molar-refractivity contribution in [3.05, 3.63) is 24.3 Å². The highest BCUT2D eigenvalue weighted by atomic mass is 16.4. The molecule has 0 atom stereocenters. The second-order valence-corrected chi connectivity index (χ2v) is 2.32. The molecule has 1 aromatic rings. The predicted octanol–water partition coefficient (Wildman–Crippen LogP) is -1.05. The van der Waals surface area contributed by atoms with Gasteiger partial charge in [0.15, 0.2) is 0 Å². The third-order valence-electron chi connectivity index (χ3n) is 1.27. The molecule has 0 aromatic heterocycles. The van der Waals surface area contributed by atoms with Gasteiger partial charge in [0.2, 0.25) is 0 Å². The maximum absolute atomic E-state index is 8.68. The zero-order valence-electron chi connectivity index (χ0n) is 7.51. The lowest BCUT2D eigenvalue weighted by Gasteiger charge is -2.01. The minimum atomic E-state index is -1.47. The van der Waals surface area contributed by atoms with Crippen molar-refractivity contribution in [3.63, 3.8) is 0 Å². The van der Waals surface area contributed by atoms with Crippen LogP contribution >= 0.6 is 0 Å². The van der Waals surface area contributed by atoms with Crippen molar-refractivity contribution in [1.29, 1.82) is 0 Å². The third-order valence-corrected chi connectivity index (χ3v) is 1.27. The molecular formula is C8H14BNO3. The first-order valence-corrected chi connectivity index (χ1v) is 3.94. The zero-order chi connectivity index (χ0) is 10.3. The molecule has 13 heavy (non-hydrogen) atoms. The van der Waals surface area contributed by atoms with Gasteiger partial charge in [-0.15, -0.1) is 0 Å². The Morgan fingerprint density at radius 1 is 1.31 bits per heavy atom. The summed E-state index contributed by atoms with van der Waals surface area (Å²) in [6, 6.07) is 6.63. The van der Waals surface area contributed by atoms with Crippen molar-refractivity contribution in [1.82, 2.24) is 0 Å². The molecule has 5 heteroatoms. The largest absolute Gasteiger partial charge is 0.490 e. The van der Waals surface area contributed by atoms with E-state index in [0.717, 1.165) is 0 Å². The van der Waals surface area contributed by atoms with Gasteiger partial charge in [-0.1, -0.05) is 18.2 Å². The quantitative estimate of drug-likeness (QED) is 0.330. The highest BCUT2D eigenvalue weighted by Crippen LogP contribution is 1.95. The standard InChI is InChI=1S/C6H8BNO2.C2H6O/c8-6-4-2-1-3-5(6)7(9)10;1-2-3/h1-4,9-10H,8H2;3H,2H2,1H3. The Labute approximate surface area is 77.8 Å². The topological polar surface area (TPSA) is 86.7 Å². The van der Waals surface area contributed by atoms with Crippen molar-refractivity contribution >= 4 is 18.3 Å². The van der Waals surface area contributed by atoms with E-state index in [1.165, 1.54) is 0 Å². The second kappa shape index (κ2) is 6.48. The number of para-hydroxylation sites is 1. The molecule has 0 saturated heterocycles. The van der Waals surface area contributed by atoms with Crippen LogP contribution in [0.2, 0.25) is 0 Å². The minimum Gasteiger partial charge on any atom is -0.423 e. The number of nitrogens with two attached hydrogens (primary N) is 1. The first-order valence-electron chi connectivity index (χ1n) is 3.94. The molecule has 0 spiro atoms. The molecule has 0 heterocycles. The van der Waals surface area contributed by atoms with E-state index in [2.05, 4.69) is 0 Å². The summed E-state index contributed by atoms with van der Waals surface area (Å²) in [5, 5.41) is 24.9. The normalized spacial score (nSPS) is 8.62. The highest BCUT2D eigenvalue weighted by Gasteiger charge is 2.12. The van der Waals surface area contributed by atoms with Gasteiger partial charge in [0.1, 0.15) is 0 Å². The lowest BCUT2D eigenvalue weighted by molar-refractivity contribution is 0.318. The Hall–Kier alpha value is -1.04. The van der Waals surface area contributed by atoms with Crippen LogP contribution < -0.4 is 11.2 Å². The number of nitrogen functional groups attached to an aromatic ring is 1. The molecule has 0 aliphatic heterocycles. The van der Waals surface area contributed by atoms with Gasteiger partial charge in [0.25, 0.3) is 0 Å². The van der Waals surface area contributed by atoms with E-state index in [9.17, 15) is 0 Å². The fourth-order valence-corrected chi connectivity index (χ4v) is 0.746. The van der Waals surface area contributed by atoms with Crippen LogP contribution in [0, 0.1) is 0 Å². The summed E-state index contributed by atoms with van der Waals surface area (Å²) in [5.41, 5.74) is 6.15. The molecule has 5 N–H and O–H groups in total. The summed E-state index contributed by atoms with van der Waals surface area (Å²) in [6.45, 7) is 1.93. The van der Waals surface area contributed by atoms with Gasteiger partial charge >= 0.3 is 7.12 Å². The van der Waals surface area contributed by atoms with Gasteiger partial charge in [0.05, 0.1) is 0 Å². The maximum Gasteiger partial charge on any atom is 0.490 e. The van der Waals surface area contributed by atoms with Gasteiger partial charge in [-0.2, -0.15) is 0 Å². The summed E-state index contributed by atoms with van der Waals surface area (Å²) in [4.78, 5) is 0.